The van der Waals surface area contributed by atoms with Crippen molar-refractivity contribution in [2.75, 3.05) is 0 Å². The van der Waals surface area contributed by atoms with Gasteiger partial charge in [-0.2, -0.15) is 0 Å². The number of hydrogen-bond donors (Lipinski definition) is 0. The van der Waals surface area contributed by atoms with Crippen LogP contribution in [0.15, 0.2) is 84.0 Å². The van der Waals surface area contributed by atoms with Gasteiger partial charge in [0.25, 0.3) is 0 Å². The van der Waals surface area contributed by atoms with Crippen LogP contribution in [0.5, 0.6) is 0 Å². The third kappa shape index (κ3) is 22.4. The summed E-state index contributed by atoms with van der Waals surface area (Å²) in [5.74, 6) is 0. The second-order valence-electron chi connectivity index (χ2n) is 18.5. The maximum absolute atomic E-state index is 12.5. The molecule has 2 aromatic carbocycles. The van der Waals surface area contributed by atoms with Crippen LogP contribution in [-0.2, 0) is 29.3 Å². The van der Waals surface area contributed by atoms with E-state index in [1.807, 2.05) is 0 Å². The number of aryl methyl sites for hydroxylation is 2. The zero-order chi connectivity index (χ0) is 43.4. The summed E-state index contributed by atoms with van der Waals surface area (Å²) in [6, 6.07) is 17.9. The molecule has 0 fully saturated rings. The van der Waals surface area contributed by atoms with E-state index in [4.69, 9.17) is 0 Å². The van der Waals surface area contributed by atoms with Crippen LogP contribution in [0.2, 0.25) is 0 Å². The number of allylic oxidation sites excluding steroid dienone is 6. The molecule has 62 heavy (non-hydrogen) atoms. The zero-order valence-corrected chi connectivity index (χ0v) is 41.9. The molecule has 0 spiro atoms. The fourth-order valence-corrected chi connectivity index (χ4v) is 9.38. The van der Waals surface area contributed by atoms with Gasteiger partial charge in [0.15, 0.2) is 0 Å². The van der Waals surface area contributed by atoms with Crippen molar-refractivity contribution in [2.45, 2.75) is 252 Å². The SMILES string of the molecule is CCCCCCCCCCCCC=CCCCc1ccccc1C1=C(CCCC)C(CCCCC)=C(c2ccccc2CCCC=CCCCCCCCCCCCC)[N+]1=[N-].[Ni]. The molecule has 0 atom stereocenters. The minimum absolute atomic E-state index is 0. The molecule has 3 heteroatoms. The molecule has 0 aliphatic carbocycles. The summed E-state index contributed by atoms with van der Waals surface area (Å²) in [4.78, 5) is 0. The van der Waals surface area contributed by atoms with Gasteiger partial charge in [0.1, 0.15) is 0 Å². The Morgan fingerprint density at radius 3 is 1.05 bits per heavy atom. The van der Waals surface area contributed by atoms with Crippen molar-refractivity contribution < 1.29 is 21.2 Å². The Morgan fingerprint density at radius 2 is 0.661 bits per heavy atom. The minimum Gasteiger partial charge on any atom is -0.493 e. The number of nitrogens with zero attached hydrogens (tertiary/aromatic N) is 2. The van der Waals surface area contributed by atoms with E-state index in [0.717, 1.165) is 82.0 Å². The smallest absolute Gasteiger partial charge is 0.211 e. The van der Waals surface area contributed by atoms with Gasteiger partial charge in [-0.15, -0.1) is 0 Å². The van der Waals surface area contributed by atoms with Crippen molar-refractivity contribution >= 4 is 11.4 Å². The Bertz CT molecular complexity index is 1560. The Hall–Kier alpha value is -2.51. The first kappa shape index (κ1) is 55.6. The van der Waals surface area contributed by atoms with Gasteiger partial charge in [0.2, 0.25) is 11.4 Å². The van der Waals surface area contributed by atoms with Gasteiger partial charge < -0.3 is 5.53 Å². The van der Waals surface area contributed by atoms with Gasteiger partial charge in [-0.05, 0) is 113 Å². The van der Waals surface area contributed by atoms with E-state index >= 15 is 0 Å². The van der Waals surface area contributed by atoms with E-state index in [0.29, 0.717) is 0 Å². The van der Waals surface area contributed by atoms with Crippen LogP contribution in [0.1, 0.15) is 262 Å². The van der Waals surface area contributed by atoms with Crippen LogP contribution >= 0.6 is 0 Å². The summed E-state index contributed by atoms with van der Waals surface area (Å²) in [6.07, 6.45) is 54.5. The molecule has 0 amide bonds. The minimum atomic E-state index is 0. The van der Waals surface area contributed by atoms with Gasteiger partial charge in [0, 0.05) is 38.8 Å². The second-order valence-corrected chi connectivity index (χ2v) is 18.5. The van der Waals surface area contributed by atoms with Gasteiger partial charge in [-0.25, -0.2) is 4.70 Å². The van der Waals surface area contributed by atoms with Gasteiger partial charge in [-0.3, -0.25) is 0 Å². The molecule has 1 heterocycles. The Labute approximate surface area is 394 Å². The first-order valence-corrected chi connectivity index (χ1v) is 26.6. The quantitative estimate of drug-likeness (QED) is 0.0277. The van der Waals surface area contributed by atoms with Gasteiger partial charge in [-0.1, -0.05) is 223 Å². The van der Waals surface area contributed by atoms with Crippen LogP contribution in [0, 0.1) is 0 Å². The fraction of sp³-hybridized carbons (Fsp3) is 0.661. The molecule has 350 valence electrons. The van der Waals surface area contributed by atoms with Crippen LogP contribution < -0.4 is 0 Å². The molecular weight excluding hydrogens is 795 g/mol. The van der Waals surface area contributed by atoms with E-state index in [1.54, 1.807) is 4.70 Å². The summed E-state index contributed by atoms with van der Waals surface area (Å²) >= 11 is 0. The molecular formula is C59H94N2Ni. The molecule has 0 aromatic heterocycles. The maximum Gasteiger partial charge on any atom is 0.211 e. The zero-order valence-electron chi connectivity index (χ0n) is 40.9. The second kappa shape index (κ2) is 37.8. The van der Waals surface area contributed by atoms with E-state index in [9.17, 15) is 5.53 Å². The molecule has 3 rings (SSSR count). The Balaban J connectivity index is 0.0000132. The number of hydrogen-bond acceptors (Lipinski definition) is 0. The van der Waals surface area contributed by atoms with Crippen molar-refractivity contribution in [3.05, 3.63) is 112 Å². The van der Waals surface area contributed by atoms with E-state index in [1.165, 1.54) is 187 Å². The summed E-state index contributed by atoms with van der Waals surface area (Å²) in [7, 11) is 0. The number of unbranched alkanes of at least 4 members (excludes halogenated alkanes) is 25. The van der Waals surface area contributed by atoms with Gasteiger partial charge >= 0.3 is 0 Å². The average molecular weight is 890 g/mol. The molecule has 1 aliphatic heterocycles. The molecule has 0 bridgehead atoms. The first-order chi connectivity index (χ1) is 30.2. The summed E-state index contributed by atoms with van der Waals surface area (Å²) < 4.78 is 1.64. The topological polar surface area (TPSA) is 25.3 Å². The van der Waals surface area contributed by atoms with Crippen molar-refractivity contribution in [1.29, 1.82) is 0 Å². The molecule has 2 nitrogen and oxygen atoms in total. The van der Waals surface area contributed by atoms with Crippen LogP contribution in [0.25, 0.3) is 16.9 Å². The molecule has 2 aromatic rings. The average Bonchev–Trinajstić information content (AvgIpc) is 3.55. The van der Waals surface area contributed by atoms with Crippen molar-refractivity contribution in [3.8, 4) is 0 Å². The third-order valence-corrected chi connectivity index (χ3v) is 13.1. The van der Waals surface area contributed by atoms with Crippen molar-refractivity contribution in [1.82, 2.24) is 0 Å². The largest absolute Gasteiger partial charge is 0.493 e. The van der Waals surface area contributed by atoms with E-state index in [2.05, 4.69) is 101 Å². The van der Waals surface area contributed by atoms with E-state index in [-0.39, 0.29) is 16.5 Å². The maximum atomic E-state index is 12.5. The normalized spacial score (nSPS) is 13.1. The summed E-state index contributed by atoms with van der Waals surface area (Å²) in [5.41, 5.74) is 22.5. The van der Waals surface area contributed by atoms with E-state index < -0.39 is 0 Å². The standard InChI is InChI=1S/C59H94N2.Ni/c1-5-9-13-15-17-19-21-23-25-27-29-31-33-35-38-44-52-46-40-42-49-54(52)58-56(48-12-8-4)57(51-37-11-7-3)59(61(58)60)55-50-43-41-47-53(55)45-39-36-34-32-30-28-26-24-22-20-18-16-14-10-6-2;/h31-34,40-43,46-47,49-50H,5-30,35-39,44-45,48,51H2,1-4H3;. The summed E-state index contributed by atoms with van der Waals surface area (Å²) in [5, 5.41) is 0. The third-order valence-electron chi connectivity index (χ3n) is 13.1. The van der Waals surface area contributed by atoms with Crippen LogP contribution in [0.4, 0.5) is 0 Å². The predicted octanol–water partition coefficient (Wildman–Crippen LogP) is 20.0. The molecule has 0 radical (unpaired) electrons. The van der Waals surface area contributed by atoms with Crippen LogP contribution in [-0.4, -0.2) is 4.70 Å². The van der Waals surface area contributed by atoms with Crippen LogP contribution in [0.3, 0.4) is 0 Å². The predicted molar refractivity (Wildman–Crippen MR) is 271 cm³/mol. The number of benzene rings is 2. The first-order valence-electron chi connectivity index (χ1n) is 26.6. The Morgan fingerprint density at radius 1 is 0.355 bits per heavy atom. The molecule has 0 unspecified atom stereocenters. The van der Waals surface area contributed by atoms with Crippen molar-refractivity contribution in [2.24, 2.45) is 0 Å². The molecule has 0 saturated carbocycles. The molecule has 1 aliphatic rings. The monoisotopic (exact) mass is 889 g/mol. The van der Waals surface area contributed by atoms with Gasteiger partial charge in [0.05, 0.1) is 0 Å². The summed E-state index contributed by atoms with van der Waals surface area (Å²) in [6.45, 7) is 9.19. The molecule has 0 saturated heterocycles. The fourth-order valence-electron chi connectivity index (χ4n) is 9.38. The van der Waals surface area contributed by atoms with Crippen molar-refractivity contribution in [3.63, 3.8) is 0 Å². The molecule has 0 N–H and O–H groups in total. The Kier molecular flexibility index (Phi) is 33.9. The number of rotatable bonds is 39.